The van der Waals surface area contributed by atoms with E-state index in [0.717, 1.165) is 5.92 Å². The Balaban J connectivity index is 1.86. The van der Waals surface area contributed by atoms with Gasteiger partial charge in [-0.1, -0.05) is 13.8 Å². The average molecular weight is 252 g/mol. The van der Waals surface area contributed by atoms with Gasteiger partial charge in [0.05, 0.1) is 0 Å². The molecule has 0 aromatic heterocycles. The molecule has 0 aromatic rings. The molecular weight excluding hydrogens is 220 g/mol. The summed E-state index contributed by atoms with van der Waals surface area (Å²) in [6.45, 7) is 18.4. The molecule has 2 aliphatic heterocycles. The first kappa shape index (κ1) is 14.3. The van der Waals surface area contributed by atoms with E-state index in [1.54, 1.807) is 0 Å². The van der Waals surface area contributed by atoms with Crippen molar-refractivity contribution in [1.82, 2.24) is 9.80 Å². The summed E-state index contributed by atoms with van der Waals surface area (Å²) in [5, 5.41) is 0. The Morgan fingerprint density at radius 2 is 1.56 bits per heavy atom. The Morgan fingerprint density at radius 1 is 1.00 bits per heavy atom. The second-order valence-electron chi connectivity index (χ2n) is 8.04. The van der Waals surface area contributed by atoms with Gasteiger partial charge in [-0.3, -0.25) is 4.90 Å². The lowest BCUT2D eigenvalue weighted by Gasteiger charge is -2.41. The first-order valence-corrected chi connectivity index (χ1v) is 7.78. The summed E-state index contributed by atoms with van der Waals surface area (Å²) in [5.41, 5.74) is 1.01. The zero-order valence-electron chi connectivity index (χ0n) is 13.1. The summed E-state index contributed by atoms with van der Waals surface area (Å²) in [6.07, 6.45) is 4.28. The van der Waals surface area contributed by atoms with E-state index >= 15 is 0 Å². The molecule has 0 amide bonds. The van der Waals surface area contributed by atoms with Crippen molar-refractivity contribution < 1.29 is 0 Å². The van der Waals surface area contributed by atoms with Crippen LogP contribution in [0.5, 0.6) is 0 Å². The monoisotopic (exact) mass is 252 g/mol. The minimum atomic E-state index is 0.360. The third kappa shape index (κ3) is 3.27. The fourth-order valence-corrected chi connectivity index (χ4v) is 3.64. The van der Waals surface area contributed by atoms with Crippen molar-refractivity contribution in [2.24, 2.45) is 11.3 Å². The van der Waals surface area contributed by atoms with Gasteiger partial charge in [0.25, 0.3) is 0 Å². The molecule has 2 rings (SSSR count). The molecule has 2 heterocycles. The van der Waals surface area contributed by atoms with Crippen molar-refractivity contribution in [2.75, 3.05) is 32.7 Å². The molecule has 2 saturated heterocycles. The van der Waals surface area contributed by atoms with Crippen LogP contribution in [0.2, 0.25) is 0 Å². The largest absolute Gasteiger partial charge is 0.303 e. The van der Waals surface area contributed by atoms with E-state index in [4.69, 9.17) is 0 Å². The molecule has 0 saturated carbocycles. The molecule has 106 valence electrons. The minimum absolute atomic E-state index is 0.360. The SMILES string of the molecule is CC(C)CN1CCC2(CC1)CCN(C(C)(C)C)C2. The number of piperidine rings is 1. The molecule has 0 N–H and O–H groups in total. The van der Waals surface area contributed by atoms with Gasteiger partial charge in [-0.25, -0.2) is 0 Å². The van der Waals surface area contributed by atoms with Gasteiger partial charge in [0.15, 0.2) is 0 Å². The Hall–Kier alpha value is -0.0800. The highest BCUT2D eigenvalue weighted by Gasteiger charge is 2.43. The molecule has 2 fully saturated rings. The highest BCUT2D eigenvalue weighted by atomic mass is 15.2. The summed E-state index contributed by atoms with van der Waals surface area (Å²) in [7, 11) is 0. The standard InChI is InChI=1S/C16H32N2/c1-14(2)12-17-9-6-16(7-10-17)8-11-18(13-16)15(3,4)5/h14H,6-13H2,1-5H3. The van der Waals surface area contributed by atoms with Crippen LogP contribution in [0.25, 0.3) is 0 Å². The molecule has 0 unspecified atom stereocenters. The lowest BCUT2D eigenvalue weighted by Crippen LogP contribution is -2.45. The Labute approximate surface area is 114 Å². The molecule has 0 aliphatic carbocycles. The van der Waals surface area contributed by atoms with E-state index in [2.05, 4.69) is 44.4 Å². The fourth-order valence-electron chi connectivity index (χ4n) is 3.64. The average Bonchev–Trinajstić information content (AvgIpc) is 2.66. The second-order valence-corrected chi connectivity index (χ2v) is 8.04. The minimum Gasteiger partial charge on any atom is -0.303 e. The smallest absolute Gasteiger partial charge is 0.0125 e. The van der Waals surface area contributed by atoms with Crippen molar-refractivity contribution in [3.8, 4) is 0 Å². The summed E-state index contributed by atoms with van der Waals surface area (Å²) in [4.78, 5) is 5.38. The maximum Gasteiger partial charge on any atom is 0.0125 e. The van der Waals surface area contributed by atoms with Crippen LogP contribution in [-0.4, -0.2) is 48.1 Å². The number of nitrogens with zero attached hydrogens (tertiary/aromatic N) is 2. The van der Waals surface area contributed by atoms with Gasteiger partial charge in [-0.15, -0.1) is 0 Å². The zero-order chi connectivity index (χ0) is 13.4. The molecule has 0 atom stereocenters. The molecule has 2 aliphatic rings. The quantitative estimate of drug-likeness (QED) is 0.744. The zero-order valence-corrected chi connectivity index (χ0v) is 13.1. The summed E-state index contributed by atoms with van der Waals surface area (Å²) in [5.74, 6) is 0.814. The molecular formula is C16H32N2. The molecule has 2 nitrogen and oxygen atoms in total. The molecule has 2 heteroatoms. The highest BCUT2D eigenvalue weighted by Crippen LogP contribution is 2.42. The lowest BCUT2D eigenvalue weighted by molar-refractivity contribution is 0.0824. The van der Waals surface area contributed by atoms with Gasteiger partial charge in [-0.05, 0) is 71.0 Å². The van der Waals surface area contributed by atoms with Crippen molar-refractivity contribution in [1.29, 1.82) is 0 Å². The second kappa shape index (κ2) is 5.13. The van der Waals surface area contributed by atoms with Gasteiger partial charge in [0.2, 0.25) is 0 Å². The maximum absolute atomic E-state index is 2.70. The van der Waals surface area contributed by atoms with E-state index in [-0.39, 0.29) is 0 Å². The van der Waals surface area contributed by atoms with E-state index in [9.17, 15) is 0 Å². The first-order chi connectivity index (χ1) is 8.31. The van der Waals surface area contributed by atoms with E-state index in [1.807, 2.05) is 0 Å². The van der Waals surface area contributed by atoms with Gasteiger partial charge >= 0.3 is 0 Å². The van der Waals surface area contributed by atoms with Crippen LogP contribution in [-0.2, 0) is 0 Å². The van der Waals surface area contributed by atoms with Crippen LogP contribution in [0.1, 0.15) is 53.9 Å². The van der Waals surface area contributed by atoms with Crippen LogP contribution in [0, 0.1) is 11.3 Å². The van der Waals surface area contributed by atoms with E-state index in [0.29, 0.717) is 11.0 Å². The number of hydrogen-bond acceptors (Lipinski definition) is 2. The van der Waals surface area contributed by atoms with Crippen LogP contribution in [0.15, 0.2) is 0 Å². The van der Waals surface area contributed by atoms with Gasteiger partial charge in [0.1, 0.15) is 0 Å². The predicted octanol–water partition coefficient (Wildman–Crippen LogP) is 3.23. The normalized spacial score (nSPS) is 26.3. The van der Waals surface area contributed by atoms with Crippen molar-refractivity contribution in [3.63, 3.8) is 0 Å². The number of hydrogen-bond donors (Lipinski definition) is 0. The molecule has 0 bridgehead atoms. The summed E-state index contributed by atoms with van der Waals surface area (Å²) < 4.78 is 0. The Morgan fingerprint density at radius 3 is 2.00 bits per heavy atom. The van der Waals surface area contributed by atoms with Crippen molar-refractivity contribution >= 4 is 0 Å². The Bertz CT molecular complexity index is 269. The van der Waals surface area contributed by atoms with Crippen molar-refractivity contribution in [3.05, 3.63) is 0 Å². The highest BCUT2D eigenvalue weighted by molar-refractivity contribution is 4.97. The van der Waals surface area contributed by atoms with Gasteiger partial charge in [0, 0.05) is 18.6 Å². The van der Waals surface area contributed by atoms with Gasteiger partial charge < -0.3 is 4.90 Å². The van der Waals surface area contributed by atoms with Crippen LogP contribution < -0.4 is 0 Å². The molecule has 0 radical (unpaired) electrons. The third-order valence-electron chi connectivity index (χ3n) is 4.93. The maximum atomic E-state index is 2.70. The number of likely N-dealkylation sites (tertiary alicyclic amines) is 2. The molecule has 1 spiro atoms. The topological polar surface area (TPSA) is 6.48 Å². The third-order valence-corrected chi connectivity index (χ3v) is 4.93. The van der Waals surface area contributed by atoms with Crippen LogP contribution >= 0.6 is 0 Å². The van der Waals surface area contributed by atoms with Crippen molar-refractivity contribution in [2.45, 2.75) is 59.4 Å². The van der Waals surface area contributed by atoms with E-state index in [1.165, 1.54) is 52.0 Å². The van der Waals surface area contributed by atoms with E-state index < -0.39 is 0 Å². The first-order valence-electron chi connectivity index (χ1n) is 7.78. The Kier molecular flexibility index (Phi) is 4.08. The predicted molar refractivity (Wildman–Crippen MR) is 78.9 cm³/mol. The summed E-state index contributed by atoms with van der Waals surface area (Å²) >= 11 is 0. The van der Waals surface area contributed by atoms with Crippen LogP contribution in [0.4, 0.5) is 0 Å². The van der Waals surface area contributed by atoms with Crippen LogP contribution in [0.3, 0.4) is 0 Å². The molecule has 0 aromatic carbocycles. The fraction of sp³-hybridized carbons (Fsp3) is 1.00. The van der Waals surface area contributed by atoms with Gasteiger partial charge in [-0.2, -0.15) is 0 Å². The lowest BCUT2D eigenvalue weighted by atomic mass is 9.77. The molecule has 18 heavy (non-hydrogen) atoms. The summed E-state index contributed by atoms with van der Waals surface area (Å²) in [6, 6.07) is 0. The number of rotatable bonds is 2.